The van der Waals surface area contributed by atoms with Crippen LogP contribution in [0.3, 0.4) is 0 Å². The van der Waals surface area contributed by atoms with Gasteiger partial charge in [-0.05, 0) is 61.7 Å². The van der Waals surface area contributed by atoms with Gasteiger partial charge >= 0.3 is 0 Å². The summed E-state index contributed by atoms with van der Waals surface area (Å²) in [6, 6.07) is 8.39. The van der Waals surface area contributed by atoms with E-state index in [0.717, 1.165) is 5.56 Å². The van der Waals surface area contributed by atoms with E-state index in [-0.39, 0.29) is 5.82 Å². The van der Waals surface area contributed by atoms with Crippen molar-refractivity contribution in [2.45, 2.75) is 5.38 Å². The van der Waals surface area contributed by atoms with Crippen LogP contribution in [0.15, 0.2) is 39.3 Å². The molecule has 0 aliphatic heterocycles. The summed E-state index contributed by atoms with van der Waals surface area (Å²) in [6.07, 6.45) is 0. The number of ether oxygens (including phenoxy) is 2. The summed E-state index contributed by atoms with van der Waals surface area (Å²) in [7, 11) is 3.12. The highest BCUT2D eigenvalue weighted by Gasteiger charge is 2.21. The fourth-order valence-corrected chi connectivity index (χ4v) is 3.21. The molecular formula is C15H12Br2ClFO2. The third kappa shape index (κ3) is 3.35. The molecule has 112 valence electrons. The van der Waals surface area contributed by atoms with Gasteiger partial charge in [0.25, 0.3) is 0 Å². The van der Waals surface area contributed by atoms with E-state index in [1.54, 1.807) is 38.5 Å². The molecular weight excluding hydrogens is 426 g/mol. The highest BCUT2D eigenvalue weighted by molar-refractivity contribution is 9.11. The maximum absolute atomic E-state index is 13.7. The molecule has 0 saturated carbocycles. The smallest absolute Gasteiger partial charge is 0.141 e. The Hall–Kier alpha value is -0.780. The van der Waals surface area contributed by atoms with Gasteiger partial charge in [0.2, 0.25) is 0 Å². The Balaban J connectivity index is 2.50. The van der Waals surface area contributed by atoms with E-state index in [0.29, 0.717) is 26.0 Å². The average Bonchev–Trinajstić information content (AvgIpc) is 2.49. The summed E-state index contributed by atoms with van der Waals surface area (Å²) in [6.45, 7) is 0. The second-order valence-corrected chi connectivity index (χ2v) is 6.32. The van der Waals surface area contributed by atoms with Gasteiger partial charge in [0.15, 0.2) is 0 Å². The lowest BCUT2D eigenvalue weighted by Crippen LogP contribution is -2.00. The van der Waals surface area contributed by atoms with Crippen molar-refractivity contribution in [1.82, 2.24) is 0 Å². The summed E-state index contributed by atoms with van der Waals surface area (Å²) in [4.78, 5) is 0. The average molecular weight is 439 g/mol. The number of benzene rings is 2. The standard InChI is InChI=1S/C15H12Br2ClFO2/c1-20-12-6-4-9(15(21-2)13(12)17)14(18)8-3-5-10(16)11(19)7-8/h3-7,14H,1-2H3. The van der Waals surface area contributed by atoms with E-state index in [9.17, 15) is 4.39 Å². The molecule has 1 unspecified atom stereocenters. The van der Waals surface area contributed by atoms with Crippen LogP contribution in [-0.2, 0) is 0 Å². The van der Waals surface area contributed by atoms with Gasteiger partial charge in [-0.1, -0.05) is 6.07 Å². The van der Waals surface area contributed by atoms with Crippen molar-refractivity contribution in [3.8, 4) is 11.5 Å². The summed E-state index contributed by atoms with van der Waals surface area (Å²) in [5.41, 5.74) is 1.38. The molecule has 0 amide bonds. The maximum atomic E-state index is 13.7. The monoisotopic (exact) mass is 436 g/mol. The normalized spacial score (nSPS) is 12.1. The number of hydrogen-bond donors (Lipinski definition) is 0. The molecule has 0 aromatic heterocycles. The van der Waals surface area contributed by atoms with Gasteiger partial charge in [0.05, 0.1) is 24.1 Å². The topological polar surface area (TPSA) is 18.5 Å². The predicted octanol–water partition coefficient (Wildman–Crippen LogP) is 5.70. The van der Waals surface area contributed by atoms with Gasteiger partial charge in [-0.25, -0.2) is 4.39 Å². The molecule has 2 aromatic rings. The first kappa shape index (κ1) is 16.6. The number of alkyl halides is 1. The number of methoxy groups -OCH3 is 2. The molecule has 0 bridgehead atoms. The summed E-state index contributed by atoms with van der Waals surface area (Å²) >= 11 is 13.0. The van der Waals surface area contributed by atoms with E-state index in [4.69, 9.17) is 21.1 Å². The van der Waals surface area contributed by atoms with Crippen molar-refractivity contribution in [2.24, 2.45) is 0 Å². The molecule has 21 heavy (non-hydrogen) atoms. The van der Waals surface area contributed by atoms with Crippen LogP contribution in [-0.4, -0.2) is 14.2 Å². The fraction of sp³-hybridized carbons (Fsp3) is 0.200. The zero-order valence-electron chi connectivity index (χ0n) is 11.3. The first-order chi connectivity index (χ1) is 9.99. The third-order valence-electron chi connectivity index (χ3n) is 3.03. The lowest BCUT2D eigenvalue weighted by Gasteiger charge is -2.17. The van der Waals surface area contributed by atoms with Crippen LogP contribution in [0.4, 0.5) is 4.39 Å². The zero-order chi connectivity index (χ0) is 15.6. The molecule has 0 aliphatic rings. The molecule has 2 nitrogen and oxygen atoms in total. The van der Waals surface area contributed by atoms with Gasteiger partial charge in [-0.3, -0.25) is 0 Å². The van der Waals surface area contributed by atoms with E-state index in [2.05, 4.69) is 31.9 Å². The maximum Gasteiger partial charge on any atom is 0.141 e. The molecule has 1 atom stereocenters. The highest BCUT2D eigenvalue weighted by atomic mass is 79.9. The van der Waals surface area contributed by atoms with Crippen molar-refractivity contribution in [2.75, 3.05) is 14.2 Å². The van der Waals surface area contributed by atoms with E-state index in [1.165, 1.54) is 6.07 Å². The third-order valence-corrected chi connectivity index (χ3v) is 4.91. The molecule has 6 heteroatoms. The van der Waals surface area contributed by atoms with Crippen LogP contribution in [0.5, 0.6) is 11.5 Å². The van der Waals surface area contributed by atoms with E-state index in [1.807, 2.05) is 0 Å². The Bertz CT molecular complexity index is 664. The molecule has 0 N–H and O–H groups in total. The van der Waals surface area contributed by atoms with Crippen LogP contribution in [0, 0.1) is 5.82 Å². The van der Waals surface area contributed by atoms with Gasteiger partial charge < -0.3 is 9.47 Å². The van der Waals surface area contributed by atoms with Crippen molar-refractivity contribution in [3.05, 3.63) is 56.2 Å². The Labute approximate surface area is 144 Å². The Kier molecular flexibility index (Phi) is 5.52. The molecule has 2 rings (SSSR count). The minimum Gasteiger partial charge on any atom is -0.495 e. The Morgan fingerprint density at radius 3 is 2.38 bits per heavy atom. The highest BCUT2D eigenvalue weighted by Crippen LogP contribution is 2.43. The van der Waals surface area contributed by atoms with Crippen molar-refractivity contribution in [3.63, 3.8) is 0 Å². The summed E-state index contributed by atoms with van der Waals surface area (Å²) < 4.78 is 25.4. The first-order valence-corrected chi connectivity index (χ1v) is 8.01. The molecule has 0 aliphatic carbocycles. The molecule has 0 fully saturated rings. The lowest BCUT2D eigenvalue weighted by atomic mass is 10.0. The van der Waals surface area contributed by atoms with Gasteiger partial charge in [0.1, 0.15) is 21.8 Å². The van der Waals surface area contributed by atoms with E-state index < -0.39 is 5.38 Å². The van der Waals surface area contributed by atoms with Gasteiger partial charge in [-0.15, -0.1) is 11.6 Å². The molecule has 0 spiro atoms. The molecule has 2 aromatic carbocycles. The summed E-state index contributed by atoms with van der Waals surface area (Å²) in [5, 5.41) is -0.537. The van der Waals surface area contributed by atoms with Gasteiger partial charge in [0, 0.05) is 5.56 Å². The minimum atomic E-state index is -0.537. The quantitative estimate of drug-likeness (QED) is 0.571. The Morgan fingerprint density at radius 1 is 1.10 bits per heavy atom. The molecule has 0 heterocycles. The number of hydrogen-bond acceptors (Lipinski definition) is 2. The SMILES string of the molecule is COc1ccc(C(Cl)c2ccc(Br)c(F)c2)c(OC)c1Br. The van der Waals surface area contributed by atoms with Crippen molar-refractivity contribution < 1.29 is 13.9 Å². The Morgan fingerprint density at radius 2 is 1.81 bits per heavy atom. The zero-order valence-corrected chi connectivity index (χ0v) is 15.2. The second-order valence-electron chi connectivity index (χ2n) is 4.24. The van der Waals surface area contributed by atoms with Crippen LogP contribution in [0.25, 0.3) is 0 Å². The second kappa shape index (κ2) is 6.99. The van der Waals surface area contributed by atoms with E-state index >= 15 is 0 Å². The lowest BCUT2D eigenvalue weighted by molar-refractivity contribution is 0.386. The largest absolute Gasteiger partial charge is 0.495 e. The van der Waals surface area contributed by atoms with Crippen LogP contribution in [0.1, 0.15) is 16.5 Å². The predicted molar refractivity (Wildman–Crippen MR) is 89.0 cm³/mol. The number of halogens is 4. The first-order valence-electron chi connectivity index (χ1n) is 5.99. The van der Waals surface area contributed by atoms with Crippen LogP contribution in [0.2, 0.25) is 0 Å². The van der Waals surface area contributed by atoms with Crippen molar-refractivity contribution in [1.29, 1.82) is 0 Å². The fourth-order valence-electron chi connectivity index (χ4n) is 1.97. The number of rotatable bonds is 4. The van der Waals surface area contributed by atoms with Crippen LogP contribution >= 0.6 is 43.5 Å². The summed E-state index contributed by atoms with van der Waals surface area (Å²) in [5.74, 6) is 0.851. The minimum absolute atomic E-state index is 0.357. The van der Waals surface area contributed by atoms with Crippen LogP contribution < -0.4 is 9.47 Å². The molecule has 0 radical (unpaired) electrons. The van der Waals surface area contributed by atoms with Gasteiger partial charge in [-0.2, -0.15) is 0 Å². The van der Waals surface area contributed by atoms with Crippen molar-refractivity contribution >= 4 is 43.5 Å². The molecule has 0 saturated heterocycles.